The van der Waals surface area contributed by atoms with Crippen LogP contribution in [-0.4, -0.2) is 25.3 Å². The number of hydrogen-bond acceptors (Lipinski definition) is 6. The highest BCUT2D eigenvalue weighted by molar-refractivity contribution is 7.92. The zero-order chi connectivity index (χ0) is 16.5. The summed E-state index contributed by atoms with van der Waals surface area (Å²) in [5.41, 5.74) is 1.56. The summed E-state index contributed by atoms with van der Waals surface area (Å²) in [4.78, 5) is 13.2. The Bertz CT molecular complexity index is 794. The lowest BCUT2D eigenvalue weighted by molar-refractivity contribution is -0.130. The molecule has 1 atom stereocenters. The predicted octanol–water partition coefficient (Wildman–Crippen LogP) is 2.70. The van der Waals surface area contributed by atoms with E-state index in [-0.39, 0.29) is 12.2 Å². The van der Waals surface area contributed by atoms with Gasteiger partial charge >= 0.3 is 0 Å². The Balaban J connectivity index is 2.07. The molecule has 1 aliphatic heterocycles. The third-order valence-electron chi connectivity index (χ3n) is 4.23. The van der Waals surface area contributed by atoms with E-state index < -0.39 is 20.5 Å². The molecule has 3 heterocycles. The lowest BCUT2D eigenvalue weighted by Gasteiger charge is -2.35. The van der Waals surface area contributed by atoms with Gasteiger partial charge in [-0.1, -0.05) is 6.42 Å². The molecule has 0 aromatic carbocycles. The fraction of sp³-hybridized carbons (Fsp3) is 0.400. The van der Waals surface area contributed by atoms with Crippen molar-refractivity contribution in [2.75, 3.05) is 5.75 Å². The van der Waals surface area contributed by atoms with Gasteiger partial charge in [-0.15, -0.1) is 11.3 Å². The normalized spacial score (nSPS) is 23.5. The van der Waals surface area contributed by atoms with Gasteiger partial charge in [-0.2, -0.15) is 0 Å². The molecule has 0 radical (unpaired) electrons. The number of rotatable bonds is 4. The molecule has 3 rings (SSSR count). The number of carbonyl (C=O) groups is 1. The Hall–Kier alpha value is -1.64. The van der Waals surface area contributed by atoms with Crippen molar-refractivity contribution in [3.05, 3.63) is 35.4 Å². The summed E-state index contributed by atoms with van der Waals surface area (Å²) >= 11 is 1.32. The summed E-state index contributed by atoms with van der Waals surface area (Å²) in [5.74, 6) is 0.0271. The fourth-order valence-electron chi connectivity index (χ4n) is 3.05. The molecule has 1 amide bonds. The number of thiophene rings is 1. The minimum Gasteiger partial charge on any atom is -0.464 e. The molecule has 2 aromatic heterocycles. The van der Waals surface area contributed by atoms with E-state index in [0.717, 1.165) is 11.3 Å². The Morgan fingerprint density at radius 2 is 2.17 bits per heavy atom. The molecular formula is C15H17NO5S2. The van der Waals surface area contributed by atoms with Gasteiger partial charge in [0.1, 0.15) is 10.5 Å². The fourth-order valence-corrected chi connectivity index (χ4v) is 6.80. The van der Waals surface area contributed by atoms with E-state index in [0.29, 0.717) is 23.5 Å². The summed E-state index contributed by atoms with van der Waals surface area (Å²) < 4.78 is 29.6. The summed E-state index contributed by atoms with van der Waals surface area (Å²) in [6.07, 6.45) is 2.99. The molecule has 0 aliphatic carbocycles. The standard InChI is InChI=1S/C15H17NO5S2/c17-14(16-18)10-15(7-1-2-9-23(15,19)20)13-6-5-12(22-13)11-4-3-8-21-11/h3-6,8,18H,1-2,7,9-10H2,(H,16,17)/t15-/m0/s1. The zero-order valence-electron chi connectivity index (χ0n) is 12.3. The summed E-state index contributed by atoms with van der Waals surface area (Å²) in [7, 11) is -3.49. The smallest absolute Gasteiger partial charge is 0.245 e. The molecule has 1 fully saturated rings. The van der Waals surface area contributed by atoms with Crippen LogP contribution < -0.4 is 5.48 Å². The van der Waals surface area contributed by atoms with Crippen LogP contribution in [0.25, 0.3) is 10.6 Å². The highest BCUT2D eigenvalue weighted by Gasteiger charge is 2.49. The molecule has 124 valence electrons. The van der Waals surface area contributed by atoms with Gasteiger partial charge in [-0.25, -0.2) is 13.9 Å². The van der Waals surface area contributed by atoms with Crippen LogP contribution in [0.5, 0.6) is 0 Å². The topological polar surface area (TPSA) is 96.6 Å². The van der Waals surface area contributed by atoms with Crippen LogP contribution in [0.15, 0.2) is 34.9 Å². The minimum atomic E-state index is -3.49. The van der Waals surface area contributed by atoms with Gasteiger partial charge in [0, 0.05) is 4.88 Å². The minimum absolute atomic E-state index is 0.0553. The number of sulfone groups is 1. The van der Waals surface area contributed by atoms with Crippen molar-refractivity contribution in [2.45, 2.75) is 30.4 Å². The monoisotopic (exact) mass is 355 g/mol. The highest BCUT2D eigenvalue weighted by atomic mass is 32.2. The highest BCUT2D eigenvalue weighted by Crippen LogP contribution is 2.47. The molecule has 23 heavy (non-hydrogen) atoms. The second-order valence-electron chi connectivity index (χ2n) is 5.62. The van der Waals surface area contributed by atoms with E-state index in [1.54, 1.807) is 29.9 Å². The Labute approximate surface area is 138 Å². The lowest BCUT2D eigenvalue weighted by atomic mass is 9.94. The van der Waals surface area contributed by atoms with Gasteiger partial charge < -0.3 is 4.42 Å². The number of nitrogens with one attached hydrogen (secondary N) is 1. The number of hydrogen-bond donors (Lipinski definition) is 2. The third kappa shape index (κ3) is 2.82. The maximum Gasteiger partial charge on any atom is 0.245 e. The molecule has 1 aliphatic rings. The predicted molar refractivity (Wildman–Crippen MR) is 85.9 cm³/mol. The van der Waals surface area contributed by atoms with Crippen molar-refractivity contribution < 1.29 is 22.8 Å². The largest absolute Gasteiger partial charge is 0.464 e. The zero-order valence-corrected chi connectivity index (χ0v) is 14.0. The SMILES string of the molecule is O=C(C[C@]1(c2ccc(-c3ccco3)s2)CCCCS1(=O)=O)NO. The van der Waals surface area contributed by atoms with Crippen LogP contribution in [0.1, 0.15) is 30.6 Å². The number of furan rings is 1. The Morgan fingerprint density at radius 1 is 1.35 bits per heavy atom. The van der Waals surface area contributed by atoms with Crippen molar-refractivity contribution in [1.82, 2.24) is 5.48 Å². The van der Waals surface area contributed by atoms with Crippen molar-refractivity contribution in [3.63, 3.8) is 0 Å². The van der Waals surface area contributed by atoms with E-state index in [9.17, 15) is 13.2 Å². The first-order valence-corrected chi connectivity index (χ1v) is 9.75. The van der Waals surface area contributed by atoms with E-state index in [2.05, 4.69) is 0 Å². The number of carbonyl (C=O) groups excluding carboxylic acids is 1. The van der Waals surface area contributed by atoms with Gasteiger partial charge in [-0.3, -0.25) is 10.0 Å². The first-order valence-electron chi connectivity index (χ1n) is 7.28. The van der Waals surface area contributed by atoms with Gasteiger partial charge in [0.25, 0.3) is 0 Å². The number of hydroxylamine groups is 1. The summed E-state index contributed by atoms with van der Waals surface area (Å²) in [6.45, 7) is 0. The summed E-state index contributed by atoms with van der Waals surface area (Å²) in [5, 5.41) is 8.85. The quantitative estimate of drug-likeness (QED) is 0.649. The van der Waals surface area contributed by atoms with Crippen LogP contribution in [0, 0.1) is 0 Å². The van der Waals surface area contributed by atoms with Crippen LogP contribution in [-0.2, 0) is 19.4 Å². The first kappa shape index (κ1) is 16.2. The second kappa shape index (κ2) is 6.10. The molecule has 0 bridgehead atoms. The molecule has 6 nitrogen and oxygen atoms in total. The first-order chi connectivity index (χ1) is 11.0. The third-order valence-corrected chi connectivity index (χ3v) is 8.25. The molecule has 0 saturated carbocycles. The van der Waals surface area contributed by atoms with Crippen molar-refractivity contribution in [2.24, 2.45) is 0 Å². The molecule has 2 N–H and O–H groups in total. The van der Waals surface area contributed by atoms with Gasteiger partial charge in [-0.05, 0) is 37.1 Å². The average Bonchev–Trinajstić information content (AvgIpc) is 3.19. The second-order valence-corrected chi connectivity index (χ2v) is 9.13. The lowest BCUT2D eigenvalue weighted by Crippen LogP contribution is -2.43. The Morgan fingerprint density at radius 3 is 2.83 bits per heavy atom. The Kier molecular flexibility index (Phi) is 4.31. The maximum absolute atomic E-state index is 12.8. The molecule has 2 aromatic rings. The van der Waals surface area contributed by atoms with Crippen molar-refractivity contribution in [1.29, 1.82) is 0 Å². The van der Waals surface area contributed by atoms with Crippen LogP contribution in [0.2, 0.25) is 0 Å². The van der Waals surface area contributed by atoms with E-state index in [4.69, 9.17) is 9.62 Å². The average molecular weight is 355 g/mol. The van der Waals surface area contributed by atoms with E-state index in [1.165, 1.54) is 11.3 Å². The van der Waals surface area contributed by atoms with Gasteiger partial charge in [0.15, 0.2) is 9.84 Å². The van der Waals surface area contributed by atoms with Crippen molar-refractivity contribution in [3.8, 4) is 10.6 Å². The number of amides is 1. The van der Waals surface area contributed by atoms with Crippen molar-refractivity contribution >= 4 is 27.1 Å². The molecule has 0 spiro atoms. The van der Waals surface area contributed by atoms with Crippen LogP contribution in [0.3, 0.4) is 0 Å². The van der Waals surface area contributed by atoms with E-state index in [1.807, 2.05) is 6.07 Å². The van der Waals surface area contributed by atoms with Crippen LogP contribution in [0.4, 0.5) is 0 Å². The molecule has 8 heteroatoms. The van der Waals surface area contributed by atoms with Gasteiger partial charge in [0.2, 0.25) is 5.91 Å². The van der Waals surface area contributed by atoms with E-state index >= 15 is 0 Å². The van der Waals surface area contributed by atoms with Gasteiger partial charge in [0.05, 0.1) is 23.3 Å². The molecule has 1 saturated heterocycles. The summed E-state index contributed by atoms with van der Waals surface area (Å²) in [6, 6.07) is 7.12. The molecule has 0 unspecified atom stereocenters. The van der Waals surface area contributed by atoms with Crippen LogP contribution >= 0.6 is 11.3 Å². The molecular weight excluding hydrogens is 338 g/mol. The maximum atomic E-state index is 12.8.